The van der Waals surface area contributed by atoms with Crippen LogP contribution in [0.4, 0.5) is 19.0 Å². The lowest BCUT2D eigenvalue weighted by atomic mass is 10.1. The standard InChI is InChI=1S/C21H17F3N6O2/c1-31-16-10-14(21(22,23)24)11-17(30-16)32-15-4-2-13(3-5-15)6-7-26-19-18-20(29-12-28-19)27-9-8-25-18/h2-5,8-12H,6-7H2,1H3,(H,26,27,28,29). The van der Waals surface area contributed by atoms with Crippen LogP contribution in [0.3, 0.4) is 0 Å². The van der Waals surface area contributed by atoms with E-state index >= 15 is 0 Å². The lowest BCUT2D eigenvalue weighted by molar-refractivity contribution is -0.137. The van der Waals surface area contributed by atoms with Crippen LogP contribution in [0.5, 0.6) is 17.5 Å². The molecule has 3 heterocycles. The molecule has 0 spiro atoms. The summed E-state index contributed by atoms with van der Waals surface area (Å²) in [5.74, 6) is 0.558. The van der Waals surface area contributed by atoms with Gasteiger partial charge >= 0.3 is 6.18 Å². The van der Waals surface area contributed by atoms with Crippen LogP contribution in [0.15, 0.2) is 55.1 Å². The Bertz CT molecular complexity index is 1210. The lowest BCUT2D eigenvalue weighted by Gasteiger charge is -2.12. The van der Waals surface area contributed by atoms with Crippen molar-refractivity contribution >= 4 is 17.0 Å². The van der Waals surface area contributed by atoms with Gasteiger partial charge in [-0.15, -0.1) is 0 Å². The van der Waals surface area contributed by atoms with Crippen LogP contribution in [0.25, 0.3) is 11.2 Å². The molecule has 0 fully saturated rings. The molecule has 8 nitrogen and oxygen atoms in total. The summed E-state index contributed by atoms with van der Waals surface area (Å²) >= 11 is 0. The van der Waals surface area contributed by atoms with Crippen molar-refractivity contribution < 1.29 is 22.6 Å². The van der Waals surface area contributed by atoms with Gasteiger partial charge < -0.3 is 14.8 Å². The first-order valence-electron chi connectivity index (χ1n) is 9.48. The Hall–Kier alpha value is -4.02. The Labute approximate surface area is 180 Å². The normalized spacial score (nSPS) is 11.4. The molecular formula is C21H17F3N6O2. The van der Waals surface area contributed by atoms with E-state index in [2.05, 4.69) is 30.2 Å². The smallest absolute Gasteiger partial charge is 0.416 e. The second-order valence-electron chi connectivity index (χ2n) is 6.61. The topological polar surface area (TPSA) is 94.9 Å². The Kier molecular flexibility index (Phi) is 5.97. The van der Waals surface area contributed by atoms with Crippen LogP contribution in [0.2, 0.25) is 0 Å². The predicted molar refractivity (Wildman–Crippen MR) is 110 cm³/mol. The minimum Gasteiger partial charge on any atom is -0.481 e. The molecular weight excluding hydrogens is 425 g/mol. The van der Waals surface area contributed by atoms with Crippen molar-refractivity contribution in [2.45, 2.75) is 12.6 Å². The van der Waals surface area contributed by atoms with Crippen molar-refractivity contribution in [3.8, 4) is 17.5 Å². The summed E-state index contributed by atoms with van der Waals surface area (Å²) in [6, 6.07) is 8.61. The molecule has 0 radical (unpaired) electrons. The van der Waals surface area contributed by atoms with Gasteiger partial charge in [0.15, 0.2) is 11.5 Å². The lowest BCUT2D eigenvalue weighted by Crippen LogP contribution is -2.08. The molecule has 0 bridgehead atoms. The fourth-order valence-corrected chi connectivity index (χ4v) is 2.90. The highest BCUT2D eigenvalue weighted by Crippen LogP contribution is 2.34. The number of aromatic nitrogens is 5. The van der Waals surface area contributed by atoms with Gasteiger partial charge in [-0.05, 0) is 24.1 Å². The van der Waals surface area contributed by atoms with Gasteiger partial charge in [-0.1, -0.05) is 12.1 Å². The van der Waals surface area contributed by atoms with E-state index in [-0.39, 0.29) is 11.8 Å². The second-order valence-corrected chi connectivity index (χ2v) is 6.61. The van der Waals surface area contributed by atoms with E-state index in [4.69, 9.17) is 9.47 Å². The first-order valence-corrected chi connectivity index (χ1v) is 9.48. The van der Waals surface area contributed by atoms with E-state index in [1.54, 1.807) is 24.5 Å². The van der Waals surface area contributed by atoms with Crippen molar-refractivity contribution in [1.29, 1.82) is 0 Å². The van der Waals surface area contributed by atoms with Gasteiger partial charge in [0.2, 0.25) is 11.8 Å². The SMILES string of the molecule is COc1cc(C(F)(F)F)cc(Oc2ccc(CCNc3ncnc4nccnc34)cc2)n1. The average Bonchev–Trinajstić information content (AvgIpc) is 2.79. The molecule has 1 N–H and O–H groups in total. The monoisotopic (exact) mass is 442 g/mol. The number of nitrogens with zero attached hydrogens (tertiary/aromatic N) is 5. The molecule has 0 amide bonds. The molecule has 0 atom stereocenters. The van der Waals surface area contributed by atoms with Crippen LogP contribution >= 0.6 is 0 Å². The molecule has 0 saturated heterocycles. The molecule has 0 unspecified atom stereocenters. The summed E-state index contributed by atoms with van der Waals surface area (Å²) in [5.41, 5.74) is 1.18. The highest BCUT2D eigenvalue weighted by atomic mass is 19.4. The van der Waals surface area contributed by atoms with Crippen molar-refractivity contribution in [3.05, 3.63) is 66.2 Å². The quantitative estimate of drug-likeness (QED) is 0.453. The number of rotatable bonds is 7. The fourth-order valence-electron chi connectivity index (χ4n) is 2.90. The van der Waals surface area contributed by atoms with Gasteiger partial charge in [0.05, 0.1) is 12.7 Å². The van der Waals surface area contributed by atoms with Gasteiger partial charge in [-0.3, -0.25) is 0 Å². The third-order valence-electron chi connectivity index (χ3n) is 4.44. The number of halogens is 3. The zero-order valence-corrected chi connectivity index (χ0v) is 16.8. The van der Waals surface area contributed by atoms with Crippen LogP contribution in [-0.2, 0) is 12.6 Å². The fraction of sp³-hybridized carbons (Fsp3) is 0.190. The van der Waals surface area contributed by atoms with Gasteiger partial charge in [-0.2, -0.15) is 18.2 Å². The first kappa shape index (κ1) is 21.2. The van der Waals surface area contributed by atoms with Gasteiger partial charge in [-0.25, -0.2) is 19.9 Å². The minimum atomic E-state index is -4.54. The summed E-state index contributed by atoms with van der Waals surface area (Å²) in [4.78, 5) is 20.6. The van der Waals surface area contributed by atoms with Gasteiger partial charge in [0.1, 0.15) is 17.6 Å². The molecule has 0 saturated carbocycles. The number of ether oxygens (including phenoxy) is 2. The highest BCUT2D eigenvalue weighted by molar-refractivity contribution is 5.81. The zero-order valence-electron chi connectivity index (χ0n) is 16.8. The van der Waals surface area contributed by atoms with Crippen LogP contribution in [0, 0.1) is 0 Å². The maximum absolute atomic E-state index is 13.0. The number of pyridine rings is 1. The second kappa shape index (κ2) is 9.00. The van der Waals surface area contributed by atoms with Gasteiger partial charge in [0.25, 0.3) is 0 Å². The molecule has 0 aliphatic rings. The summed E-state index contributed by atoms with van der Waals surface area (Å²) < 4.78 is 49.5. The molecule has 3 aromatic heterocycles. The minimum absolute atomic E-state index is 0.181. The summed E-state index contributed by atoms with van der Waals surface area (Å²) in [5, 5.41) is 3.21. The Morgan fingerprint density at radius 1 is 0.938 bits per heavy atom. The Balaban J connectivity index is 1.39. The number of hydrogen-bond donors (Lipinski definition) is 1. The van der Waals surface area contributed by atoms with E-state index in [0.29, 0.717) is 35.7 Å². The Morgan fingerprint density at radius 3 is 2.44 bits per heavy atom. The van der Waals surface area contributed by atoms with Crippen molar-refractivity contribution in [2.24, 2.45) is 0 Å². The molecule has 4 rings (SSSR count). The van der Waals surface area contributed by atoms with Crippen molar-refractivity contribution in [3.63, 3.8) is 0 Å². The molecule has 164 valence electrons. The third kappa shape index (κ3) is 4.99. The van der Waals surface area contributed by atoms with Crippen LogP contribution in [-0.4, -0.2) is 38.6 Å². The highest BCUT2D eigenvalue weighted by Gasteiger charge is 2.32. The summed E-state index contributed by atoms with van der Waals surface area (Å²) in [7, 11) is 1.24. The molecule has 0 aliphatic carbocycles. The van der Waals surface area contributed by atoms with E-state index in [9.17, 15) is 13.2 Å². The maximum Gasteiger partial charge on any atom is 0.416 e. The van der Waals surface area contributed by atoms with Crippen LogP contribution in [0.1, 0.15) is 11.1 Å². The van der Waals surface area contributed by atoms with Crippen molar-refractivity contribution in [1.82, 2.24) is 24.9 Å². The van der Waals surface area contributed by atoms with E-state index in [0.717, 1.165) is 17.7 Å². The molecule has 0 aliphatic heterocycles. The third-order valence-corrected chi connectivity index (χ3v) is 4.44. The number of hydrogen-bond acceptors (Lipinski definition) is 8. The maximum atomic E-state index is 13.0. The largest absolute Gasteiger partial charge is 0.481 e. The number of alkyl halides is 3. The number of methoxy groups -OCH3 is 1. The van der Waals surface area contributed by atoms with Crippen molar-refractivity contribution in [2.75, 3.05) is 19.0 Å². The van der Waals surface area contributed by atoms with E-state index in [1.807, 2.05) is 12.1 Å². The van der Waals surface area contributed by atoms with Gasteiger partial charge in [0, 0.05) is 31.1 Å². The van der Waals surface area contributed by atoms with Crippen LogP contribution < -0.4 is 14.8 Å². The number of fused-ring (bicyclic) bond motifs is 1. The zero-order chi connectivity index (χ0) is 22.6. The average molecular weight is 442 g/mol. The molecule has 1 aromatic carbocycles. The number of nitrogens with one attached hydrogen (secondary N) is 1. The Morgan fingerprint density at radius 2 is 1.69 bits per heavy atom. The molecule has 4 aromatic rings. The summed E-state index contributed by atoms with van der Waals surface area (Å²) in [6.45, 7) is 0.579. The van der Waals surface area contributed by atoms with E-state index < -0.39 is 11.7 Å². The number of anilines is 1. The molecule has 32 heavy (non-hydrogen) atoms. The number of benzene rings is 1. The molecule has 11 heteroatoms. The predicted octanol–water partition coefficient (Wildman–Crippen LogP) is 4.29. The summed E-state index contributed by atoms with van der Waals surface area (Å²) in [6.07, 6.45) is 0.688. The van der Waals surface area contributed by atoms with E-state index in [1.165, 1.54) is 13.4 Å². The first-order chi connectivity index (χ1) is 15.4.